The largest absolute Gasteiger partial charge is 0.443 e. The molecule has 17 heavy (non-hydrogen) atoms. The van der Waals surface area contributed by atoms with E-state index in [0.29, 0.717) is 0 Å². The number of carbonyl (C=O) groups excluding carboxylic acids is 2. The zero-order valence-electron chi connectivity index (χ0n) is 8.62. The number of allylic oxidation sites excluding steroid dienone is 2. The molecule has 0 rings (SSSR count). The maximum Gasteiger partial charge on any atom is 0.440 e. The molecule has 0 unspecified atom stereocenters. The van der Waals surface area contributed by atoms with Gasteiger partial charge in [0.15, 0.2) is 0 Å². The Bertz CT molecular complexity index is 312. The van der Waals surface area contributed by atoms with Crippen LogP contribution >= 0.6 is 34.8 Å². The van der Waals surface area contributed by atoms with Crippen LogP contribution in [-0.4, -0.2) is 22.5 Å². The van der Waals surface area contributed by atoms with Crippen LogP contribution in [0.4, 0.5) is 4.79 Å². The van der Waals surface area contributed by atoms with Gasteiger partial charge in [0.1, 0.15) is 6.61 Å². The van der Waals surface area contributed by atoms with Gasteiger partial charge in [-0.3, -0.25) is 0 Å². The van der Waals surface area contributed by atoms with E-state index in [4.69, 9.17) is 34.8 Å². The van der Waals surface area contributed by atoms with Crippen molar-refractivity contribution in [3.05, 3.63) is 24.8 Å². The van der Waals surface area contributed by atoms with E-state index in [1.54, 1.807) is 11.6 Å². The van der Waals surface area contributed by atoms with Gasteiger partial charge in [-0.1, -0.05) is 59.6 Å². The summed E-state index contributed by atoms with van der Waals surface area (Å²) in [6.07, 6.45) is 3.51. The number of nitrogens with one attached hydrogen (secondary N) is 1. The second-order valence-electron chi connectivity index (χ2n) is 2.64. The summed E-state index contributed by atoms with van der Waals surface area (Å²) >= 11 is 16.0. The lowest BCUT2D eigenvalue weighted by molar-refractivity contribution is -0.148. The Morgan fingerprint density at radius 2 is 2.00 bits per heavy atom. The van der Waals surface area contributed by atoms with Gasteiger partial charge in [-0.25, -0.2) is 9.59 Å². The summed E-state index contributed by atoms with van der Waals surface area (Å²) in [5.41, 5.74) is 1.74. The summed E-state index contributed by atoms with van der Waals surface area (Å²) in [6, 6.07) is 0. The fraction of sp³-hybridized carbons (Fsp3) is 0.333. The van der Waals surface area contributed by atoms with Gasteiger partial charge in [0, 0.05) is 0 Å². The third-order valence-corrected chi connectivity index (χ3v) is 1.50. The summed E-state index contributed by atoms with van der Waals surface area (Å²) in [5.74, 6) is -0.672. The molecule has 0 fully saturated rings. The van der Waals surface area contributed by atoms with Gasteiger partial charge in [-0.15, -0.1) is 5.48 Å². The van der Waals surface area contributed by atoms with Gasteiger partial charge in [-0.05, 0) is 0 Å². The van der Waals surface area contributed by atoms with Crippen LogP contribution in [0.15, 0.2) is 24.8 Å². The second-order valence-corrected chi connectivity index (χ2v) is 5.15. The fourth-order valence-electron chi connectivity index (χ4n) is 0.578. The minimum atomic E-state index is -1.71. The van der Waals surface area contributed by atoms with Crippen molar-refractivity contribution >= 4 is 46.9 Å². The molecule has 1 amide bonds. The summed E-state index contributed by atoms with van der Waals surface area (Å²) in [7, 11) is 0. The molecule has 0 radical (unpaired) electrons. The van der Waals surface area contributed by atoms with E-state index in [2.05, 4.69) is 16.2 Å². The lowest BCUT2D eigenvalue weighted by atomic mass is 10.4. The lowest BCUT2D eigenvalue weighted by Gasteiger charge is -2.11. The summed E-state index contributed by atoms with van der Waals surface area (Å²) < 4.78 is 2.71. The maximum atomic E-state index is 11.0. The number of carbonyl (C=O) groups is 2. The van der Waals surface area contributed by atoms with Crippen molar-refractivity contribution in [3.8, 4) is 0 Å². The van der Waals surface area contributed by atoms with E-state index in [1.807, 2.05) is 0 Å². The van der Waals surface area contributed by atoms with E-state index in [1.165, 1.54) is 12.2 Å². The molecule has 8 heteroatoms. The molecule has 0 aliphatic heterocycles. The standard InChI is InChI=1S/C9H10Cl3NO4/c1-2-3-4-5-7(14)17-13-8(15)16-6-9(10,11)12/h2-4H,1,5-6H2,(H,13,15)/b4-3+. The summed E-state index contributed by atoms with van der Waals surface area (Å²) in [6.45, 7) is 2.95. The van der Waals surface area contributed by atoms with Crippen molar-refractivity contribution in [1.82, 2.24) is 5.48 Å². The summed E-state index contributed by atoms with van der Waals surface area (Å²) in [4.78, 5) is 26.2. The van der Waals surface area contributed by atoms with E-state index >= 15 is 0 Å². The molecule has 0 aliphatic carbocycles. The van der Waals surface area contributed by atoms with Gasteiger partial charge in [0.05, 0.1) is 6.42 Å². The van der Waals surface area contributed by atoms with Crippen LogP contribution in [0.1, 0.15) is 6.42 Å². The average molecular weight is 303 g/mol. The van der Waals surface area contributed by atoms with Crippen molar-refractivity contribution in [2.24, 2.45) is 0 Å². The number of rotatable bonds is 4. The Hall–Kier alpha value is -0.910. The first-order valence-corrected chi connectivity index (χ1v) is 5.45. The number of alkyl halides is 3. The topological polar surface area (TPSA) is 64.6 Å². The molecule has 0 saturated carbocycles. The van der Waals surface area contributed by atoms with E-state index < -0.39 is 22.5 Å². The minimum Gasteiger partial charge on any atom is -0.443 e. The van der Waals surface area contributed by atoms with E-state index in [9.17, 15) is 9.59 Å². The van der Waals surface area contributed by atoms with Gasteiger partial charge in [0.2, 0.25) is 3.79 Å². The Balaban J connectivity index is 3.73. The number of hydrogen-bond acceptors (Lipinski definition) is 4. The first-order chi connectivity index (χ1) is 7.85. The van der Waals surface area contributed by atoms with Crippen molar-refractivity contribution in [2.45, 2.75) is 10.2 Å². The quantitative estimate of drug-likeness (QED) is 0.492. The molecule has 5 nitrogen and oxygen atoms in total. The maximum absolute atomic E-state index is 11.0. The predicted molar refractivity (Wildman–Crippen MR) is 64.8 cm³/mol. The highest BCUT2D eigenvalue weighted by Crippen LogP contribution is 2.25. The third kappa shape index (κ3) is 11.4. The van der Waals surface area contributed by atoms with Crippen molar-refractivity contribution < 1.29 is 19.2 Å². The molecular formula is C9H10Cl3NO4. The van der Waals surface area contributed by atoms with E-state index in [0.717, 1.165) is 0 Å². The Morgan fingerprint density at radius 1 is 1.35 bits per heavy atom. The molecule has 0 atom stereocenters. The first-order valence-electron chi connectivity index (χ1n) is 4.32. The second kappa shape index (κ2) is 8.22. The van der Waals surface area contributed by atoms with Crippen molar-refractivity contribution in [2.75, 3.05) is 6.61 Å². The molecule has 0 heterocycles. The monoisotopic (exact) mass is 301 g/mol. The molecule has 0 aromatic rings. The van der Waals surface area contributed by atoms with Crippen LogP contribution in [0.3, 0.4) is 0 Å². The molecule has 96 valence electrons. The van der Waals surface area contributed by atoms with E-state index in [-0.39, 0.29) is 6.42 Å². The molecule has 1 N–H and O–H groups in total. The third-order valence-electron chi connectivity index (χ3n) is 1.17. The highest BCUT2D eigenvalue weighted by Gasteiger charge is 2.22. The SMILES string of the molecule is C=C/C=C/CC(=O)ONC(=O)OCC(Cl)(Cl)Cl. The summed E-state index contributed by atoms with van der Waals surface area (Å²) in [5, 5.41) is 0. The van der Waals surface area contributed by atoms with Crippen LogP contribution in [0, 0.1) is 0 Å². The highest BCUT2D eigenvalue weighted by molar-refractivity contribution is 6.67. The van der Waals surface area contributed by atoms with Gasteiger partial charge in [0.25, 0.3) is 0 Å². The molecule has 0 aromatic heterocycles. The van der Waals surface area contributed by atoms with Crippen LogP contribution in [0.5, 0.6) is 0 Å². The van der Waals surface area contributed by atoms with Gasteiger partial charge in [-0.2, -0.15) is 0 Å². The van der Waals surface area contributed by atoms with Crippen molar-refractivity contribution in [3.63, 3.8) is 0 Å². The smallest absolute Gasteiger partial charge is 0.440 e. The Kier molecular flexibility index (Phi) is 7.78. The van der Waals surface area contributed by atoms with Crippen LogP contribution in [0.25, 0.3) is 0 Å². The number of hydroxylamine groups is 1. The molecule has 0 saturated heterocycles. The predicted octanol–water partition coefficient (Wildman–Crippen LogP) is 2.67. The first kappa shape index (κ1) is 16.1. The molecule has 0 spiro atoms. The fourth-order valence-corrected chi connectivity index (χ4v) is 0.741. The van der Waals surface area contributed by atoms with Crippen LogP contribution in [-0.2, 0) is 14.4 Å². The molecule has 0 aliphatic rings. The van der Waals surface area contributed by atoms with Crippen LogP contribution < -0.4 is 5.48 Å². The zero-order valence-corrected chi connectivity index (χ0v) is 10.9. The molecule has 0 aromatic carbocycles. The number of hydrogen-bond donors (Lipinski definition) is 1. The average Bonchev–Trinajstić information content (AvgIpc) is 2.23. The molecule has 0 bridgehead atoms. The van der Waals surface area contributed by atoms with Gasteiger partial charge >= 0.3 is 12.1 Å². The minimum absolute atomic E-state index is 0.0171. The number of ether oxygens (including phenoxy) is 1. The van der Waals surface area contributed by atoms with Crippen molar-refractivity contribution in [1.29, 1.82) is 0 Å². The number of amides is 1. The molecular weight excluding hydrogens is 292 g/mol. The number of halogens is 3. The Labute approximate surface area is 113 Å². The highest BCUT2D eigenvalue weighted by atomic mass is 35.6. The Morgan fingerprint density at radius 3 is 2.53 bits per heavy atom. The van der Waals surface area contributed by atoms with Gasteiger partial charge < -0.3 is 9.57 Å². The lowest BCUT2D eigenvalue weighted by Crippen LogP contribution is -2.30. The van der Waals surface area contributed by atoms with Crippen LogP contribution in [0.2, 0.25) is 0 Å². The normalized spacial score (nSPS) is 11.0. The zero-order chi connectivity index (χ0) is 13.3.